The zero-order chi connectivity index (χ0) is 16.2. The van der Waals surface area contributed by atoms with Crippen molar-refractivity contribution in [2.75, 3.05) is 6.54 Å². The fourth-order valence-corrected chi connectivity index (χ4v) is 3.26. The molecule has 1 heterocycles. The van der Waals surface area contributed by atoms with E-state index in [-0.39, 0.29) is 18.4 Å². The first kappa shape index (κ1) is 17.0. The quantitative estimate of drug-likeness (QED) is 0.848. The van der Waals surface area contributed by atoms with E-state index in [9.17, 15) is 9.90 Å². The number of nitrogens with zero attached hydrogens (tertiary/aromatic N) is 2. The van der Waals surface area contributed by atoms with Crippen molar-refractivity contribution < 1.29 is 9.90 Å². The highest BCUT2D eigenvalue weighted by atomic mass is 16.3. The molecule has 5 nitrogen and oxygen atoms in total. The van der Waals surface area contributed by atoms with Crippen LogP contribution in [0.15, 0.2) is 12.4 Å². The molecule has 2 N–H and O–H groups in total. The van der Waals surface area contributed by atoms with Gasteiger partial charge in [0, 0.05) is 24.7 Å². The molecule has 5 heteroatoms. The number of aromatic nitrogens is 2. The molecule has 0 aliphatic heterocycles. The minimum absolute atomic E-state index is 0.00722. The third-order valence-corrected chi connectivity index (χ3v) is 4.79. The van der Waals surface area contributed by atoms with Crippen LogP contribution in [0.5, 0.6) is 0 Å². The van der Waals surface area contributed by atoms with Crippen molar-refractivity contribution in [3.63, 3.8) is 0 Å². The predicted molar refractivity (Wildman–Crippen MR) is 86.1 cm³/mol. The van der Waals surface area contributed by atoms with E-state index in [1.807, 2.05) is 14.0 Å². The highest BCUT2D eigenvalue weighted by Gasteiger charge is 2.27. The summed E-state index contributed by atoms with van der Waals surface area (Å²) in [6.45, 7) is 3.91. The van der Waals surface area contributed by atoms with Crippen LogP contribution >= 0.6 is 0 Å². The molecule has 1 fully saturated rings. The zero-order valence-corrected chi connectivity index (χ0v) is 14.0. The van der Waals surface area contributed by atoms with Crippen LogP contribution in [0.4, 0.5) is 0 Å². The topological polar surface area (TPSA) is 67.2 Å². The minimum atomic E-state index is -1.09. The van der Waals surface area contributed by atoms with Crippen LogP contribution in [-0.4, -0.2) is 27.3 Å². The van der Waals surface area contributed by atoms with Gasteiger partial charge in [-0.3, -0.25) is 9.48 Å². The van der Waals surface area contributed by atoms with Gasteiger partial charge in [-0.05, 0) is 19.3 Å². The van der Waals surface area contributed by atoms with Crippen LogP contribution < -0.4 is 5.32 Å². The number of aliphatic hydroxyl groups is 1. The van der Waals surface area contributed by atoms with Crippen molar-refractivity contribution in [3.8, 4) is 0 Å². The Hall–Kier alpha value is -1.36. The molecule has 0 spiro atoms. The highest BCUT2D eigenvalue weighted by molar-refractivity contribution is 5.78. The molecule has 22 heavy (non-hydrogen) atoms. The Morgan fingerprint density at radius 3 is 2.77 bits per heavy atom. The number of nitrogens with one attached hydrogen (secondary N) is 1. The molecule has 1 aromatic heterocycles. The lowest BCUT2D eigenvalue weighted by atomic mass is 9.83. The molecule has 0 aromatic carbocycles. The summed E-state index contributed by atoms with van der Waals surface area (Å²) in [6, 6.07) is 0. The van der Waals surface area contributed by atoms with Crippen molar-refractivity contribution in [2.24, 2.45) is 18.9 Å². The first-order valence-corrected chi connectivity index (χ1v) is 8.37. The normalized spacial score (nSPS) is 20.4. The number of hydrogen-bond donors (Lipinski definition) is 2. The molecule has 124 valence electrons. The molecule has 0 radical (unpaired) electrons. The Morgan fingerprint density at radius 2 is 2.18 bits per heavy atom. The maximum Gasteiger partial charge on any atom is 0.222 e. The molecule has 0 bridgehead atoms. The second-order valence-electron chi connectivity index (χ2n) is 7.04. The van der Waals surface area contributed by atoms with Gasteiger partial charge in [-0.1, -0.05) is 39.0 Å². The molecule has 1 aromatic rings. The third-order valence-electron chi connectivity index (χ3n) is 4.79. The lowest BCUT2D eigenvalue weighted by molar-refractivity contribution is -0.126. The van der Waals surface area contributed by atoms with Crippen molar-refractivity contribution in [2.45, 2.75) is 58.0 Å². The number of rotatable bonds is 6. The predicted octanol–water partition coefficient (Wildman–Crippen LogP) is 2.35. The van der Waals surface area contributed by atoms with E-state index in [2.05, 4.69) is 10.4 Å². The minimum Gasteiger partial charge on any atom is -0.383 e. The van der Waals surface area contributed by atoms with Crippen LogP contribution in [0, 0.1) is 11.8 Å². The highest BCUT2D eigenvalue weighted by Crippen LogP contribution is 2.29. The summed E-state index contributed by atoms with van der Waals surface area (Å²) < 4.78 is 1.65. The lowest BCUT2D eigenvalue weighted by Gasteiger charge is -2.26. The number of amides is 1. The van der Waals surface area contributed by atoms with E-state index in [1.54, 1.807) is 24.0 Å². The summed E-state index contributed by atoms with van der Waals surface area (Å²) in [7, 11) is 1.81. The van der Waals surface area contributed by atoms with Gasteiger partial charge in [0.1, 0.15) is 5.60 Å². The van der Waals surface area contributed by atoms with Crippen LogP contribution in [0.1, 0.15) is 57.9 Å². The van der Waals surface area contributed by atoms with Crippen LogP contribution in [0.3, 0.4) is 0 Å². The van der Waals surface area contributed by atoms with Gasteiger partial charge in [0.05, 0.1) is 12.7 Å². The summed E-state index contributed by atoms with van der Waals surface area (Å²) in [5.41, 5.74) is -0.371. The summed E-state index contributed by atoms with van der Waals surface area (Å²) in [5.74, 6) is 0.732. The third kappa shape index (κ3) is 4.57. The fourth-order valence-electron chi connectivity index (χ4n) is 3.26. The Morgan fingerprint density at radius 1 is 1.50 bits per heavy atom. The van der Waals surface area contributed by atoms with Gasteiger partial charge in [-0.2, -0.15) is 5.10 Å². The maximum atomic E-state index is 12.3. The molecule has 1 saturated carbocycles. The van der Waals surface area contributed by atoms with Gasteiger partial charge in [0.15, 0.2) is 0 Å². The van der Waals surface area contributed by atoms with E-state index in [4.69, 9.17) is 0 Å². The van der Waals surface area contributed by atoms with E-state index in [0.29, 0.717) is 5.92 Å². The SMILES string of the molecule is CC(CC1CCCCC1)C(=O)NCC(C)(O)c1cnn(C)c1. The van der Waals surface area contributed by atoms with E-state index >= 15 is 0 Å². The number of carbonyl (C=O) groups excluding carboxylic acids is 1. The average molecular weight is 307 g/mol. The standard InChI is InChI=1S/C17H29N3O2/c1-13(9-14-7-5-4-6-8-14)16(21)18-12-17(2,22)15-10-19-20(3)11-15/h10-11,13-14,22H,4-9,12H2,1-3H3,(H,18,21). The average Bonchev–Trinajstić information content (AvgIpc) is 2.93. The van der Waals surface area contributed by atoms with E-state index in [0.717, 1.165) is 12.0 Å². The molecule has 2 rings (SSSR count). The number of hydrogen-bond acceptors (Lipinski definition) is 3. The van der Waals surface area contributed by atoms with Crippen LogP contribution in [-0.2, 0) is 17.4 Å². The molecule has 0 saturated heterocycles. The van der Waals surface area contributed by atoms with Gasteiger partial charge < -0.3 is 10.4 Å². The van der Waals surface area contributed by atoms with Crippen molar-refractivity contribution >= 4 is 5.91 Å². The van der Waals surface area contributed by atoms with Gasteiger partial charge in [-0.25, -0.2) is 0 Å². The van der Waals surface area contributed by atoms with Gasteiger partial charge >= 0.3 is 0 Å². The van der Waals surface area contributed by atoms with Gasteiger partial charge in [-0.15, -0.1) is 0 Å². The largest absolute Gasteiger partial charge is 0.383 e. The van der Waals surface area contributed by atoms with Gasteiger partial charge in [0.2, 0.25) is 5.91 Å². The number of aryl methyl sites for hydroxylation is 1. The molecule has 1 aliphatic rings. The molecular formula is C17H29N3O2. The monoisotopic (exact) mass is 307 g/mol. The molecule has 2 unspecified atom stereocenters. The van der Waals surface area contributed by atoms with Crippen LogP contribution in [0.25, 0.3) is 0 Å². The summed E-state index contributed by atoms with van der Waals surface area (Å²) >= 11 is 0. The Balaban J connectivity index is 1.80. The molecule has 2 atom stereocenters. The molecule has 1 aliphatic carbocycles. The van der Waals surface area contributed by atoms with Crippen LogP contribution in [0.2, 0.25) is 0 Å². The summed E-state index contributed by atoms with van der Waals surface area (Å²) in [6.07, 6.45) is 10.8. The van der Waals surface area contributed by atoms with Crippen molar-refractivity contribution in [1.82, 2.24) is 15.1 Å². The summed E-state index contributed by atoms with van der Waals surface area (Å²) in [4.78, 5) is 12.3. The second-order valence-corrected chi connectivity index (χ2v) is 7.04. The Labute approximate surface area is 133 Å². The second kappa shape index (κ2) is 7.27. The van der Waals surface area contributed by atoms with Crippen molar-refractivity contribution in [3.05, 3.63) is 18.0 Å². The van der Waals surface area contributed by atoms with Gasteiger partial charge in [0.25, 0.3) is 0 Å². The Kier molecular flexibility index (Phi) is 5.62. The van der Waals surface area contributed by atoms with E-state index < -0.39 is 5.60 Å². The van der Waals surface area contributed by atoms with E-state index in [1.165, 1.54) is 32.1 Å². The lowest BCUT2D eigenvalue weighted by Crippen LogP contribution is -2.41. The fraction of sp³-hybridized carbons (Fsp3) is 0.765. The smallest absolute Gasteiger partial charge is 0.222 e. The van der Waals surface area contributed by atoms with Crippen molar-refractivity contribution in [1.29, 1.82) is 0 Å². The Bertz CT molecular complexity index is 490. The number of carbonyl (C=O) groups is 1. The molecular weight excluding hydrogens is 278 g/mol. The first-order valence-electron chi connectivity index (χ1n) is 8.37. The zero-order valence-electron chi connectivity index (χ0n) is 14.0. The summed E-state index contributed by atoms with van der Waals surface area (Å²) in [5, 5.41) is 17.4. The first-order chi connectivity index (χ1) is 10.4. The maximum absolute atomic E-state index is 12.3. The molecule has 1 amide bonds.